The fraction of sp³-hybridized carbons (Fsp3) is 0.148. The minimum absolute atomic E-state index is 0.0678. The Kier molecular flexibility index (Phi) is 7.28. The summed E-state index contributed by atoms with van der Waals surface area (Å²) in [6.07, 6.45) is 4.93. The molecule has 3 aromatic carbocycles. The fourth-order valence-corrected chi connectivity index (χ4v) is 3.30. The van der Waals surface area contributed by atoms with E-state index >= 15 is 0 Å². The van der Waals surface area contributed by atoms with E-state index in [2.05, 4.69) is 11.9 Å². The number of aromatic hydroxyl groups is 1. The maximum Gasteiger partial charge on any atom is 0.260 e. The zero-order valence-electron chi connectivity index (χ0n) is 17.9. The molecule has 3 aromatic rings. The second kappa shape index (κ2) is 10.3. The first-order valence-electron chi connectivity index (χ1n) is 10.2. The average Bonchev–Trinajstić information content (AvgIpc) is 2.77. The summed E-state index contributed by atoms with van der Waals surface area (Å²) in [5, 5.41) is 14.0. The lowest BCUT2D eigenvalue weighted by atomic mass is 9.95. The van der Waals surface area contributed by atoms with Gasteiger partial charge < -0.3 is 15.2 Å². The number of allylic oxidation sites excluding steroid dienone is 1. The quantitative estimate of drug-likeness (QED) is 0.335. The fourth-order valence-electron chi connectivity index (χ4n) is 3.30. The summed E-state index contributed by atoms with van der Waals surface area (Å²) in [7, 11) is 1.56. The van der Waals surface area contributed by atoms with Gasteiger partial charge in [-0.25, -0.2) is 0 Å². The Balaban J connectivity index is 2.08. The maximum atomic E-state index is 13.2. The Labute approximate surface area is 183 Å². The summed E-state index contributed by atoms with van der Waals surface area (Å²) in [6, 6.07) is 20.8. The third kappa shape index (κ3) is 5.64. The highest BCUT2D eigenvalue weighted by Crippen LogP contribution is 2.37. The summed E-state index contributed by atoms with van der Waals surface area (Å²) >= 11 is 0. The molecule has 3 rings (SSSR count). The molecular formula is C27H27NO3. The Morgan fingerprint density at radius 1 is 1.06 bits per heavy atom. The van der Waals surface area contributed by atoms with Gasteiger partial charge in [0.2, 0.25) is 0 Å². The van der Waals surface area contributed by atoms with Gasteiger partial charge in [0.05, 0.1) is 12.7 Å². The van der Waals surface area contributed by atoms with Crippen molar-refractivity contribution < 1.29 is 14.6 Å². The molecule has 0 unspecified atom stereocenters. The molecule has 31 heavy (non-hydrogen) atoms. The van der Waals surface area contributed by atoms with Gasteiger partial charge in [-0.3, -0.25) is 4.79 Å². The van der Waals surface area contributed by atoms with Crippen LogP contribution < -0.4 is 10.1 Å². The van der Waals surface area contributed by atoms with Crippen LogP contribution in [0.15, 0.2) is 78.9 Å². The van der Waals surface area contributed by atoms with Crippen molar-refractivity contribution in [1.29, 1.82) is 0 Å². The highest BCUT2D eigenvalue weighted by atomic mass is 16.5. The number of para-hydroxylation sites is 1. The van der Waals surface area contributed by atoms with E-state index in [-0.39, 0.29) is 17.2 Å². The Bertz CT molecular complexity index is 1090. The number of phenolic OH excluding ortho intramolecular Hbond substituents is 1. The van der Waals surface area contributed by atoms with E-state index in [9.17, 15) is 9.90 Å². The SMILES string of the molecule is C=C(C)CCc1c(OC)cc(C=Cc2ccccc2)c(C(=O)Nc2ccccc2)c1O. The van der Waals surface area contributed by atoms with Crippen LogP contribution in [0.5, 0.6) is 11.5 Å². The van der Waals surface area contributed by atoms with Crippen LogP contribution in [0.25, 0.3) is 12.2 Å². The summed E-state index contributed by atoms with van der Waals surface area (Å²) in [6.45, 7) is 5.87. The number of ether oxygens (including phenoxy) is 1. The number of rotatable bonds is 8. The van der Waals surface area contributed by atoms with E-state index in [0.29, 0.717) is 35.4 Å². The van der Waals surface area contributed by atoms with Crippen molar-refractivity contribution in [2.24, 2.45) is 0 Å². The van der Waals surface area contributed by atoms with E-state index in [1.54, 1.807) is 25.3 Å². The zero-order chi connectivity index (χ0) is 22.2. The molecule has 0 saturated carbocycles. The number of nitrogens with one attached hydrogen (secondary N) is 1. The maximum absolute atomic E-state index is 13.2. The third-order valence-corrected chi connectivity index (χ3v) is 4.93. The number of amides is 1. The number of carbonyl (C=O) groups is 1. The van der Waals surface area contributed by atoms with E-state index < -0.39 is 0 Å². The number of methoxy groups -OCH3 is 1. The van der Waals surface area contributed by atoms with Gasteiger partial charge in [0.1, 0.15) is 11.5 Å². The van der Waals surface area contributed by atoms with Crippen LogP contribution in [-0.4, -0.2) is 18.1 Å². The van der Waals surface area contributed by atoms with Crippen LogP contribution in [0.4, 0.5) is 5.69 Å². The van der Waals surface area contributed by atoms with Crippen molar-refractivity contribution >= 4 is 23.7 Å². The second-order valence-corrected chi connectivity index (χ2v) is 7.39. The molecule has 0 bridgehead atoms. The molecule has 0 aliphatic heterocycles. The molecule has 0 radical (unpaired) electrons. The van der Waals surface area contributed by atoms with Crippen molar-refractivity contribution in [3.8, 4) is 11.5 Å². The standard InChI is InChI=1S/C27H27NO3/c1-19(2)14-17-23-24(31-3)18-21(16-15-20-10-6-4-7-11-20)25(26(23)29)27(30)28-22-12-8-5-9-13-22/h4-13,15-16,18,29H,1,14,17H2,2-3H3,(H,28,30). The molecule has 4 heteroatoms. The summed E-state index contributed by atoms with van der Waals surface area (Å²) in [5.41, 5.74) is 4.02. The molecular weight excluding hydrogens is 386 g/mol. The van der Waals surface area contributed by atoms with Crippen molar-refractivity contribution in [2.45, 2.75) is 19.8 Å². The van der Waals surface area contributed by atoms with Gasteiger partial charge in [-0.2, -0.15) is 0 Å². The molecule has 2 N–H and O–H groups in total. The average molecular weight is 414 g/mol. The molecule has 0 aliphatic carbocycles. The van der Waals surface area contributed by atoms with Crippen molar-refractivity contribution in [3.05, 3.63) is 101 Å². The number of hydrogen-bond donors (Lipinski definition) is 2. The first-order chi connectivity index (χ1) is 15.0. The first-order valence-corrected chi connectivity index (χ1v) is 10.2. The van der Waals surface area contributed by atoms with E-state index in [1.165, 1.54) is 0 Å². The van der Waals surface area contributed by atoms with E-state index in [0.717, 1.165) is 11.1 Å². The predicted molar refractivity (Wildman–Crippen MR) is 128 cm³/mol. The number of benzene rings is 3. The lowest BCUT2D eigenvalue weighted by molar-refractivity contribution is 0.102. The van der Waals surface area contributed by atoms with Crippen molar-refractivity contribution in [3.63, 3.8) is 0 Å². The van der Waals surface area contributed by atoms with Gasteiger partial charge in [-0.1, -0.05) is 66.3 Å². The number of phenols is 1. The van der Waals surface area contributed by atoms with E-state index in [1.807, 2.05) is 67.6 Å². The molecule has 158 valence electrons. The predicted octanol–water partition coefficient (Wildman–Crippen LogP) is 6.33. The smallest absolute Gasteiger partial charge is 0.260 e. The highest BCUT2D eigenvalue weighted by molar-refractivity contribution is 6.09. The lowest BCUT2D eigenvalue weighted by Crippen LogP contribution is -2.15. The molecule has 0 aliphatic rings. The molecule has 1 amide bonds. The zero-order valence-corrected chi connectivity index (χ0v) is 17.9. The van der Waals surface area contributed by atoms with Crippen LogP contribution >= 0.6 is 0 Å². The minimum Gasteiger partial charge on any atom is -0.507 e. The van der Waals surface area contributed by atoms with Crippen molar-refractivity contribution in [1.82, 2.24) is 0 Å². The molecule has 0 spiro atoms. The molecule has 4 nitrogen and oxygen atoms in total. The lowest BCUT2D eigenvalue weighted by Gasteiger charge is -2.17. The largest absolute Gasteiger partial charge is 0.507 e. The van der Waals surface area contributed by atoms with Crippen LogP contribution in [0, 0.1) is 0 Å². The number of hydrogen-bond acceptors (Lipinski definition) is 3. The molecule has 0 aromatic heterocycles. The highest BCUT2D eigenvalue weighted by Gasteiger charge is 2.22. The monoisotopic (exact) mass is 413 g/mol. The third-order valence-electron chi connectivity index (χ3n) is 4.93. The van der Waals surface area contributed by atoms with Gasteiger partial charge in [0.25, 0.3) is 5.91 Å². The topological polar surface area (TPSA) is 58.6 Å². The Hall–Kier alpha value is -3.79. The van der Waals surface area contributed by atoms with Gasteiger partial charge in [-0.05, 0) is 49.1 Å². The first kappa shape index (κ1) is 21.9. The summed E-state index contributed by atoms with van der Waals surface area (Å²) in [4.78, 5) is 13.2. The number of carbonyl (C=O) groups excluding carboxylic acids is 1. The minimum atomic E-state index is -0.379. The van der Waals surface area contributed by atoms with Crippen molar-refractivity contribution in [2.75, 3.05) is 12.4 Å². The summed E-state index contributed by atoms with van der Waals surface area (Å²) < 4.78 is 5.55. The van der Waals surface area contributed by atoms with Gasteiger partial charge in [-0.15, -0.1) is 6.58 Å². The van der Waals surface area contributed by atoms with Gasteiger partial charge >= 0.3 is 0 Å². The Morgan fingerprint density at radius 2 is 1.71 bits per heavy atom. The normalized spacial score (nSPS) is 10.8. The number of anilines is 1. The Morgan fingerprint density at radius 3 is 2.32 bits per heavy atom. The van der Waals surface area contributed by atoms with E-state index in [4.69, 9.17) is 4.74 Å². The van der Waals surface area contributed by atoms with Gasteiger partial charge in [0, 0.05) is 11.3 Å². The molecule has 0 atom stereocenters. The molecule has 0 heterocycles. The van der Waals surface area contributed by atoms with Crippen LogP contribution in [-0.2, 0) is 6.42 Å². The second-order valence-electron chi connectivity index (χ2n) is 7.39. The molecule has 0 fully saturated rings. The summed E-state index contributed by atoms with van der Waals surface area (Å²) in [5.74, 6) is 0.0973. The van der Waals surface area contributed by atoms with Crippen LogP contribution in [0.1, 0.15) is 40.4 Å². The van der Waals surface area contributed by atoms with Crippen LogP contribution in [0.2, 0.25) is 0 Å². The van der Waals surface area contributed by atoms with Crippen LogP contribution in [0.3, 0.4) is 0 Å². The molecule has 0 saturated heterocycles. The van der Waals surface area contributed by atoms with Gasteiger partial charge in [0.15, 0.2) is 0 Å².